The molecule has 27 heavy (non-hydrogen) atoms. The van der Waals surface area contributed by atoms with Crippen LogP contribution in [0.5, 0.6) is 5.75 Å². The van der Waals surface area contributed by atoms with Crippen LogP contribution in [0.4, 0.5) is 10.1 Å². The van der Waals surface area contributed by atoms with E-state index in [0.717, 1.165) is 23.7 Å². The number of nitrogens with zero attached hydrogens (tertiary/aromatic N) is 2. The molecule has 0 spiro atoms. The average molecular weight is 381 g/mol. The number of aromatic nitrogens is 1. The van der Waals surface area contributed by atoms with Crippen LogP contribution in [0.3, 0.4) is 0 Å². The van der Waals surface area contributed by atoms with Crippen molar-refractivity contribution in [1.29, 1.82) is 0 Å². The zero-order chi connectivity index (χ0) is 18.8. The van der Waals surface area contributed by atoms with E-state index in [1.807, 2.05) is 59.6 Å². The number of hydrogen-bond acceptors (Lipinski definition) is 2. The maximum Gasteiger partial charge on any atom is 0.174 e. The monoisotopic (exact) mass is 381 g/mol. The van der Waals surface area contributed by atoms with Crippen molar-refractivity contribution in [2.45, 2.75) is 12.6 Å². The number of thiocarbonyl (C=S) groups is 1. The molecule has 4 rings (SSSR count). The first-order valence-corrected chi connectivity index (χ1v) is 9.19. The van der Waals surface area contributed by atoms with Crippen LogP contribution in [0.25, 0.3) is 0 Å². The van der Waals surface area contributed by atoms with E-state index in [4.69, 9.17) is 17.0 Å². The van der Waals surface area contributed by atoms with Gasteiger partial charge in [-0.1, -0.05) is 18.2 Å². The summed E-state index contributed by atoms with van der Waals surface area (Å²) in [7, 11) is 1.63. The Balaban J connectivity index is 1.65. The molecule has 0 saturated heterocycles. The van der Waals surface area contributed by atoms with Crippen molar-refractivity contribution in [2.75, 3.05) is 19.0 Å². The fraction of sp³-hybridized carbons (Fsp3) is 0.190. The summed E-state index contributed by atoms with van der Waals surface area (Å²) in [6, 6.07) is 18.2. The molecule has 3 aromatic rings. The highest BCUT2D eigenvalue weighted by molar-refractivity contribution is 7.80. The first kappa shape index (κ1) is 17.5. The van der Waals surface area contributed by atoms with Crippen molar-refractivity contribution < 1.29 is 9.13 Å². The third-order valence-corrected chi connectivity index (χ3v) is 5.18. The van der Waals surface area contributed by atoms with E-state index in [-0.39, 0.29) is 11.9 Å². The number of rotatable bonds is 3. The Kier molecular flexibility index (Phi) is 4.81. The summed E-state index contributed by atoms with van der Waals surface area (Å²) in [5.74, 6) is 0.556. The molecule has 0 radical (unpaired) electrons. The lowest BCUT2D eigenvalue weighted by Gasteiger charge is -2.39. The van der Waals surface area contributed by atoms with Gasteiger partial charge in [0, 0.05) is 36.2 Å². The number of hydrogen-bond donors (Lipinski definition) is 1. The molecule has 0 bridgehead atoms. The van der Waals surface area contributed by atoms with Crippen LogP contribution in [0.2, 0.25) is 0 Å². The quantitative estimate of drug-likeness (QED) is 0.680. The highest BCUT2D eigenvalue weighted by Crippen LogP contribution is 2.34. The summed E-state index contributed by atoms with van der Waals surface area (Å²) in [5, 5.41) is 3.85. The lowest BCUT2D eigenvalue weighted by Crippen LogP contribution is -2.44. The Morgan fingerprint density at radius 3 is 2.59 bits per heavy atom. The van der Waals surface area contributed by atoms with Gasteiger partial charge in [-0.15, -0.1) is 0 Å². The van der Waals surface area contributed by atoms with Gasteiger partial charge in [0.1, 0.15) is 11.6 Å². The number of ether oxygens (including phenoxy) is 1. The summed E-state index contributed by atoms with van der Waals surface area (Å²) in [4.78, 5) is 2.05. The molecular formula is C21H20FN3OS. The first-order chi connectivity index (χ1) is 13.2. The smallest absolute Gasteiger partial charge is 0.174 e. The van der Waals surface area contributed by atoms with Crippen LogP contribution in [-0.2, 0) is 6.54 Å². The van der Waals surface area contributed by atoms with E-state index < -0.39 is 0 Å². The molecule has 1 aliphatic heterocycles. The second-order valence-electron chi connectivity index (χ2n) is 6.40. The van der Waals surface area contributed by atoms with E-state index in [1.165, 1.54) is 6.07 Å². The maximum atomic E-state index is 14.6. The van der Waals surface area contributed by atoms with Gasteiger partial charge in [0.25, 0.3) is 0 Å². The molecular weight excluding hydrogens is 361 g/mol. The fourth-order valence-corrected chi connectivity index (χ4v) is 3.81. The van der Waals surface area contributed by atoms with Crippen molar-refractivity contribution in [3.05, 3.63) is 83.9 Å². The van der Waals surface area contributed by atoms with E-state index >= 15 is 0 Å². The zero-order valence-corrected chi connectivity index (χ0v) is 15.7. The lowest BCUT2D eigenvalue weighted by atomic mass is 10.00. The summed E-state index contributed by atoms with van der Waals surface area (Å²) >= 11 is 5.69. The van der Waals surface area contributed by atoms with Gasteiger partial charge in [-0.2, -0.15) is 0 Å². The zero-order valence-electron chi connectivity index (χ0n) is 14.9. The molecule has 6 heteroatoms. The van der Waals surface area contributed by atoms with E-state index in [0.29, 0.717) is 17.2 Å². The Hall–Kier alpha value is -2.86. The van der Waals surface area contributed by atoms with Crippen LogP contribution in [0, 0.1) is 5.82 Å². The molecule has 0 saturated carbocycles. The number of nitrogens with one attached hydrogen (secondary N) is 1. The van der Waals surface area contributed by atoms with Gasteiger partial charge in [-0.3, -0.25) is 0 Å². The first-order valence-electron chi connectivity index (χ1n) is 8.78. The van der Waals surface area contributed by atoms with Crippen LogP contribution < -0.4 is 10.1 Å². The van der Waals surface area contributed by atoms with E-state index in [9.17, 15) is 4.39 Å². The third-order valence-electron chi connectivity index (χ3n) is 4.84. The summed E-state index contributed by atoms with van der Waals surface area (Å²) in [6.07, 6.45) is 2.03. The van der Waals surface area contributed by atoms with Gasteiger partial charge >= 0.3 is 0 Å². The lowest BCUT2D eigenvalue weighted by molar-refractivity contribution is 0.288. The molecule has 1 aliphatic rings. The second kappa shape index (κ2) is 7.40. The molecule has 0 fully saturated rings. The van der Waals surface area contributed by atoms with Gasteiger partial charge in [-0.05, 0) is 54.7 Å². The minimum atomic E-state index is -0.270. The molecule has 2 aromatic carbocycles. The average Bonchev–Trinajstić information content (AvgIpc) is 3.17. The van der Waals surface area contributed by atoms with Gasteiger partial charge < -0.3 is 19.5 Å². The van der Waals surface area contributed by atoms with Gasteiger partial charge in [0.05, 0.1) is 13.2 Å². The highest BCUT2D eigenvalue weighted by atomic mass is 32.1. The fourth-order valence-electron chi connectivity index (χ4n) is 3.50. The summed E-state index contributed by atoms with van der Waals surface area (Å²) in [6.45, 7) is 1.50. The number of fused-ring (bicyclic) bond motifs is 1. The predicted octanol–water partition coefficient (Wildman–Crippen LogP) is 4.44. The van der Waals surface area contributed by atoms with Crippen LogP contribution in [0.1, 0.15) is 17.3 Å². The Labute approximate surface area is 163 Å². The summed E-state index contributed by atoms with van der Waals surface area (Å²) in [5.41, 5.74) is 2.52. The maximum absolute atomic E-state index is 14.6. The molecule has 4 nitrogen and oxygen atoms in total. The molecule has 0 amide bonds. The van der Waals surface area contributed by atoms with Gasteiger partial charge in [0.2, 0.25) is 0 Å². The van der Waals surface area contributed by atoms with Crippen LogP contribution in [-0.4, -0.2) is 28.2 Å². The van der Waals surface area contributed by atoms with Crippen molar-refractivity contribution in [3.63, 3.8) is 0 Å². The SMILES string of the molecule is COc1ccc(NC(=S)N2CCn3cccc3[C@H]2c2ccccc2F)cc1. The standard InChI is InChI=1S/C21H20FN3OS/c1-26-16-10-8-15(9-11-16)23-21(27)25-14-13-24-12-4-7-19(24)20(25)17-5-2-3-6-18(17)22/h2-12,20H,13-14H2,1H3,(H,23,27)/t20-/m1/s1. The van der Waals surface area contributed by atoms with Crippen LogP contribution >= 0.6 is 12.2 Å². The highest BCUT2D eigenvalue weighted by Gasteiger charge is 2.32. The molecule has 2 heterocycles. The second-order valence-corrected chi connectivity index (χ2v) is 6.79. The third kappa shape index (κ3) is 3.40. The Morgan fingerprint density at radius 2 is 1.85 bits per heavy atom. The minimum Gasteiger partial charge on any atom is -0.497 e. The van der Waals surface area contributed by atoms with Crippen LogP contribution in [0.15, 0.2) is 66.9 Å². The molecule has 0 unspecified atom stereocenters. The Bertz CT molecular complexity index is 954. The molecule has 1 N–H and O–H groups in total. The largest absolute Gasteiger partial charge is 0.497 e. The van der Waals surface area contributed by atoms with Gasteiger partial charge in [-0.25, -0.2) is 4.39 Å². The van der Waals surface area contributed by atoms with E-state index in [2.05, 4.69) is 9.88 Å². The topological polar surface area (TPSA) is 29.4 Å². The van der Waals surface area contributed by atoms with Gasteiger partial charge in [0.15, 0.2) is 5.11 Å². The number of benzene rings is 2. The number of methoxy groups -OCH3 is 1. The Morgan fingerprint density at radius 1 is 1.07 bits per heavy atom. The summed E-state index contributed by atoms with van der Waals surface area (Å²) < 4.78 is 22.0. The van der Waals surface area contributed by atoms with Crippen molar-refractivity contribution >= 4 is 23.0 Å². The molecule has 1 atom stereocenters. The molecule has 138 valence electrons. The van der Waals surface area contributed by atoms with Crippen molar-refractivity contribution in [2.24, 2.45) is 0 Å². The van der Waals surface area contributed by atoms with E-state index in [1.54, 1.807) is 13.2 Å². The van der Waals surface area contributed by atoms with Crippen molar-refractivity contribution in [3.8, 4) is 5.75 Å². The predicted molar refractivity (Wildman–Crippen MR) is 109 cm³/mol. The molecule has 0 aliphatic carbocycles. The number of halogens is 1. The minimum absolute atomic E-state index is 0.227. The normalized spacial score (nSPS) is 15.9. The molecule has 1 aromatic heterocycles. The number of anilines is 1. The van der Waals surface area contributed by atoms with Crippen molar-refractivity contribution in [1.82, 2.24) is 9.47 Å².